The second-order valence-electron chi connectivity index (χ2n) is 18.9. The summed E-state index contributed by atoms with van der Waals surface area (Å²) in [7, 11) is 2.19. The van der Waals surface area contributed by atoms with Crippen molar-refractivity contribution < 1.29 is 28.6 Å². The second-order valence-corrected chi connectivity index (χ2v) is 20.2. The first kappa shape index (κ1) is 57.7. The topological polar surface area (TPSA) is 82.1 Å². The lowest BCUT2D eigenvalue weighted by Gasteiger charge is -2.36. The molecule has 360 valence electrons. The molecule has 0 aromatic carbocycles. The zero-order valence-electron chi connectivity index (χ0n) is 41.3. The maximum absolute atomic E-state index is 13.9. The minimum Gasteiger partial charge on any atom is -0.462 e. The van der Waals surface area contributed by atoms with Gasteiger partial charge in [0.1, 0.15) is 18.3 Å². The van der Waals surface area contributed by atoms with Gasteiger partial charge in [0.15, 0.2) is 0 Å². The van der Waals surface area contributed by atoms with E-state index in [0.717, 1.165) is 192 Å². The van der Waals surface area contributed by atoms with Gasteiger partial charge in [0.05, 0.1) is 5.92 Å². The van der Waals surface area contributed by atoms with E-state index in [1.165, 1.54) is 44.9 Å². The average molecular weight is 880 g/mol. The predicted molar refractivity (Wildman–Crippen MR) is 261 cm³/mol. The molecular formula is C53H101NO6S. The van der Waals surface area contributed by atoms with Crippen molar-refractivity contribution in [2.24, 2.45) is 5.92 Å². The van der Waals surface area contributed by atoms with Crippen molar-refractivity contribution in [2.75, 3.05) is 25.9 Å². The van der Waals surface area contributed by atoms with Gasteiger partial charge < -0.3 is 19.1 Å². The molecule has 2 unspecified atom stereocenters. The third kappa shape index (κ3) is 32.9. The van der Waals surface area contributed by atoms with Gasteiger partial charge >= 0.3 is 17.9 Å². The molecule has 2 atom stereocenters. The van der Waals surface area contributed by atoms with Crippen molar-refractivity contribution in [1.82, 2.24) is 4.90 Å². The number of piperidine rings is 1. The molecule has 1 aliphatic rings. The van der Waals surface area contributed by atoms with Crippen LogP contribution in [-0.4, -0.2) is 72.3 Å². The smallest absolute Gasteiger partial charge is 0.310 e. The molecule has 1 saturated heterocycles. The molecule has 1 heterocycles. The van der Waals surface area contributed by atoms with Crippen LogP contribution >= 0.6 is 11.8 Å². The molecule has 8 heteroatoms. The normalized spacial score (nSPS) is 15.9. The van der Waals surface area contributed by atoms with Crippen molar-refractivity contribution in [1.29, 1.82) is 0 Å². The molecule has 0 aromatic rings. The monoisotopic (exact) mass is 880 g/mol. The summed E-state index contributed by atoms with van der Waals surface area (Å²) < 4.78 is 18.2. The van der Waals surface area contributed by atoms with Gasteiger partial charge in [-0.25, -0.2) is 0 Å². The molecule has 0 N–H and O–H groups in total. The van der Waals surface area contributed by atoms with Crippen LogP contribution in [-0.2, 0) is 28.6 Å². The van der Waals surface area contributed by atoms with E-state index in [1.807, 2.05) is 11.8 Å². The third-order valence-electron chi connectivity index (χ3n) is 12.9. The number of ether oxygens (including phenoxy) is 3. The van der Waals surface area contributed by atoms with E-state index >= 15 is 0 Å². The summed E-state index contributed by atoms with van der Waals surface area (Å²) in [6, 6.07) is 0. The SMILES string of the molecule is CCCCCCCCCSC1CN(C)CCC1C(=O)OC(CCCCCCCCC(=O)OC(CCCC)CCCC)CCCCCCCCC(=O)OC(CCCC)CCCC. The van der Waals surface area contributed by atoms with E-state index in [4.69, 9.17) is 14.2 Å². The molecule has 0 radical (unpaired) electrons. The third-order valence-corrected chi connectivity index (χ3v) is 14.3. The second kappa shape index (κ2) is 41.4. The van der Waals surface area contributed by atoms with Gasteiger partial charge in [0.25, 0.3) is 0 Å². The van der Waals surface area contributed by atoms with Crippen LogP contribution in [0, 0.1) is 5.92 Å². The van der Waals surface area contributed by atoms with Crippen LogP contribution in [0.5, 0.6) is 0 Å². The fourth-order valence-electron chi connectivity index (χ4n) is 8.76. The zero-order valence-corrected chi connectivity index (χ0v) is 42.1. The maximum atomic E-state index is 13.9. The van der Waals surface area contributed by atoms with Crippen LogP contribution in [0.3, 0.4) is 0 Å². The fourth-order valence-corrected chi connectivity index (χ4v) is 10.3. The number of rotatable bonds is 43. The first-order valence-corrected chi connectivity index (χ1v) is 27.7. The summed E-state index contributed by atoms with van der Waals surface area (Å²) in [5.41, 5.74) is 0. The number of likely N-dealkylation sites (tertiary alicyclic amines) is 1. The van der Waals surface area contributed by atoms with E-state index < -0.39 is 0 Å². The first-order chi connectivity index (χ1) is 29.8. The standard InChI is InChI=1S/C53H101NO6S/c1-7-12-17-18-23-28-33-44-61-50-45-54(6)43-42-49(50)53(57)60-48(38-29-24-19-21-26-31-40-51(55)58-46(34-13-8-2)35-14-9-3)39-30-25-20-22-27-32-41-52(56)59-47(36-15-10-4)37-16-11-5/h46-50H,7-45H2,1-6H3. The molecule has 7 nitrogen and oxygen atoms in total. The molecular weight excluding hydrogens is 779 g/mol. The maximum Gasteiger partial charge on any atom is 0.310 e. The Morgan fingerprint density at radius 1 is 0.475 bits per heavy atom. The summed E-state index contributed by atoms with van der Waals surface area (Å²) in [6.45, 7) is 13.0. The molecule has 61 heavy (non-hydrogen) atoms. The summed E-state index contributed by atoms with van der Waals surface area (Å²) in [4.78, 5) is 41.4. The van der Waals surface area contributed by atoms with Crippen LogP contribution < -0.4 is 0 Å². The van der Waals surface area contributed by atoms with Crippen molar-refractivity contribution in [2.45, 2.75) is 289 Å². The first-order valence-electron chi connectivity index (χ1n) is 26.7. The summed E-state index contributed by atoms with van der Waals surface area (Å²) in [5, 5.41) is 0.318. The predicted octanol–water partition coefficient (Wildman–Crippen LogP) is 15.5. The van der Waals surface area contributed by atoms with Crippen molar-refractivity contribution >= 4 is 29.7 Å². The Hall–Kier alpha value is -1.28. The van der Waals surface area contributed by atoms with Gasteiger partial charge in [0, 0.05) is 24.6 Å². The van der Waals surface area contributed by atoms with Crippen LogP contribution in [0.1, 0.15) is 266 Å². The lowest BCUT2D eigenvalue weighted by atomic mass is 9.96. The zero-order chi connectivity index (χ0) is 44.6. The van der Waals surface area contributed by atoms with E-state index in [0.29, 0.717) is 18.1 Å². The number of carbonyl (C=O) groups excluding carboxylic acids is 3. The van der Waals surface area contributed by atoms with Crippen LogP contribution in [0.15, 0.2) is 0 Å². The molecule has 0 amide bonds. The number of esters is 3. The van der Waals surface area contributed by atoms with E-state index in [1.54, 1.807) is 0 Å². The molecule has 0 aromatic heterocycles. The van der Waals surface area contributed by atoms with Crippen LogP contribution in [0.25, 0.3) is 0 Å². The molecule has 1 rings (SSSR count). The Kier molecular flexibility index (Phi) is 39.2. The van der Waals surface area contributed by atoms with Gasteiger partial charge in [-0.1, -0.05) is 176 Å². The number of nitrogens with zero attached hydrogens (tertiary/aromatic N) is 1. The molecule has 1 fully saturated rings. The van der Waals surface area contributed by atoms with Crippen molar-refractivity contribution in [3.05, 3.63) is 0 Å². The minimum absolute atomic E-state index is 0.00577. The van der Waals surface area contributed by atoms with Crippen molar-refractivity contribution in [3.63, 3.8) is 0 Å². The number of thioether (sulfide) groups is 1. The van der Waals surface area contributed by atoms with Gasteiger partial charge in [-0.2, -0.15) is 11.8 Å². The lowest BCUT2D eigenvalue weighted by molar-refractivity contribution is -0.156. The van der Waals surface area contributed by atoms with E-state index in [-0.39, 0.29) is 42.1 Å². The number of hydrogen-bond donors (Lipinski definition) is 0. The van der Waals surface area contributed by atoms with Crippen molar-refractivity contribution in [3.8, 4) is 0 Å². The van der Waals surface area contributed by atoms with Gasteiger partial charge in [0.2, 0.25) is 0 Å². The van der Waals surface area contributed by atoms with E-state index in [9.17, 15) is 14.4 Å². The molecule has 0 bridgehead atoms. The van der Waals surface area contributed by atoms with Crippen LogP contribution in [0.4, 0.5) is 0 Å². The molecule has 0 saturated carbocycles. The van der Waals surface area contributed by atoms with E-state index in [2.05, 4.69) is 46.6 Å². The highest BCUT2D eigenvalue weighted by Crippen LogP contribution is 2.31. The lowest BCUT2D eigenvalue weighted by Crippen LogP contribution is -2.44. The summed E-state index contributed by atoms with van der Waals surface area (Å²) in [6.07, 6.45) is 39.3. The Balaban J connectivity index is 2.57. The van der Waals surface area contributed by atoms with Gasteiger partial charge in [-0.15, -0.1) is 0 Å². The minimum atomic E-state index is -0.0151. The highest BCUT2D eigenvalue weighted by Gasteiger charge is 2.35. The number of carbonyl (C=O) groups is 3. The molecule has 0 spiro atoms. The van der Waals surface area contributed by atoms with Crippen LogP contribution in [0.2, 0.25) is 0 Å². The molecule has 1 aliphatic heterocycles. The fraction of sp³-hybridized carbons (Fsp3) is 0.943. The van der Waals surface area contributed by atoms with Gasteiger partial charge in [-0.05, 0) is 96.4 Å². The highest BCUT2D eigenvalue weighted by molar-refractivity contribution is 7.99. The Labute approximate surface area is 382 Å². The Morgan fingerprint density at radius 2 is 0.836 bits per heavy atom. The quantitative estimate of drug-likeness (QED) is 0.0340. The summed E-state index contributed by atoms with van der Waals surface area (Å²) in [5.74, 6) is 1.15. The number of unbranched alkanes of at least 4 members (excludes halogenated alkanes) is 20. The number of hydrogen-bond acceptors (Lipinski definition) is 8. The Morgan fingerprint density at radius 3 is 1.28 bits per heavy atom. The Bertz CT molecular complexity index is 961. The largest absolute Gasteiger partial charge is 0.462 e. The summed E-state index contributed by atoms with van der Waals surface area (Å²) >= 11 is 2.01. The molecule has 0 aliphatic carbocycles. The highest BCUT2D eigenvalue weighted by atomic mass is 32.2. The average Bonchev–Trinajstić information content (AvgIpc) is 3.25. The van der Waals surface area contributed by atoms with Gasteiger partial charge in [-0.3, -0.25) is 14.4 Å².